The third kappa shape index (κ3) is 5.47. The molecule has 0 saturated heterocycles. The molecule has 1 aliphatic carbocycles. The third-order valence-electron chi connectivity index (χ3n) is 4.97. The molecule has 134 valence electrons. The van der Waals surface area contributed by atoms with E-state index in [9.17, 15) is 5.11 Å². The molecule has 0 aromatic heterocycles. The van der Waals surface area contributed by atoms with E-state index >= 15 is 0 Å². The molecule has 1 aromatic rings. The van der Waals surface area contributed by atoms with Gasteiger partial charge in [0, 0.05) is 20.1 Å². The van der Waals surface area contributed by atoms with Crippen molar-refractivity contribution in [1.82, 2.24) is 0 Å². The summed E-state index contributed by atoms with van der Waals surface area (Å²) < 4.78 is 11.4. The fraction of sp³-hybridized carbons (Fsp3) is 0.600. The van der Waals surface area contributed by atoms with Crippen LogP contribution in [0.15, 0.2) is 36.4 Å². The van der Waals surface area contributed by atoms with Gasteiger partial charge in [-0.25, -0.2) is 0 Å². The van der Waals surface area contributed by atoms with Crippen LogP contribution in [-0.4, -0.2) is 33.2 Å². The zero-order valence-electron chi connectivity index (χ0n) is 15.4. The zero-order chi connectivity index (χ0) is 17.6. The predicted octanol–water partition coefficient (Wildman–Crippen LogP) is 4.74. The van der Waals surface area contributed by atoms with Crippen LogP contribution in [0.25, 0.3) is 0 Å². The second-order valence-electron chi connectivity index (χ2n) is 8.20. The van der Waals surface area contributed by atoms with Crippen molar-refractivity contribution in [3.63, 3.8) is 0 Å². The third-order valence-corrected chi connectivity index (χ3v) is 6.67. The van der Waals surface area contributed by atoms with Gasteiger partial charge in [0.15, 0.2) is 6.79 Å². The first-order valence-corrected chi connectivity index (χ1v) is 12.6. The summed E-state index contributed by atoms with van der Waals surface area (Å²) in [4.78, 5) is 0. The molecule has 0 radical (unpaired) electrons. The van der Waals surface area contributed by atoms with Crippen LogP contribution in [0.4, 0.5) is 0 Å². The van der Waals surface area contributed by atoms with Crippen molar-refractivity contribution in [3.8, 4) is 5.75 Å². The van der Waals surface area contributed by atoms with E-state index in [1.165, 1.54) is 5.57 Å². The van der Waals surface area contributed by atoms with Crippen LogP contribution >= 0.6 is 0 Å². The van der Waals surface area contributed by atoms with Crippen molar-refractivity contribution in [3.05, 3.63) is 42.0 Å². The van der Waals surface area contributed by atoms with E-state index in [1.807, 2.05) is 12.1 Å². The molecule has 3 nitrogen and oxygen atoms in total. The highest BCUT2D eigenvalue weighted by molar-refractivity contribution is 6.76. The molecule has 1 N–H and O–H groups in total. The van der Waals surface area contributed by atoms with E-state index in [-0.39, 0.29) is 18.8 Å². The van der Waals surface area contributed by atoms with Crippen LogP contribution in [-0.2, 0) is 10.2 Å². The molecule has 1 aliphatic rings. The maximum Gasteiger partial charge on any atom is 0.189 e. The van der Waals surface area contributed by atoms with Crippen LogP contribution in [0.5, 0.6) is 5.75 Å². The molecular weight excluding hydrogens is 316 g/mol. The SMILES string of the molecule is C=C1CCC(CO)(c2cccc(OCOCC[Si](C)(C)C)c2)CC1. The lowest BCUT2D eigenvalue weighted by molar-refractivity contribution is 0.0219. The number of aliphatic hydroxyl groups excluding tert-OH is 1. The number of aliphatic hydroxyl groups is 1. The van der Waals surface area contributed by atoms with Gasteiger partial charge in [-0.15, -0.1) is 0 Å². The Bertz CT molecular complexity index is 538. The first kappa shape index (κ1) is 19.2. The molecule has 0 bridgehead atoms. The molecule has 0 aliphatic heterocycles. The highest BCUT2D eigenvalue weighted by Gasteiger charge is 2.34. The van der Waals surface area contributed by atoms with Crippen LogP contribution in [0, 0.1) is 0 Å². The Hall–Kier alpha value is -1.10. The lowest BCUT2D eigenvalue weighted by Crippen LogP contribution is -2.33. The Kier molecular flexibility index (Phi) is 6.67. The molecule has 0 amide bonds. The molecule has 0 spiro atoms. The molecule has 2 rings (SSSR count). The summed E-state index contributed by atoms with van der Waals surface area (Å²) in [7, 11) is -1.05. The van der Waals surface area contributed by atoms with Crippen molar-refractivity contribution in [2.45, 2.75) is 56.8 Å². The molecule has 0 atom stereocenters. The van der Waals surface area contributed by atoms with Gasteiger partial charge in [0.2, 0.25) is 0 Å². The minimum atomic E-state index is -1.05. The quantitative estimate of drug-likeness (QED) is 0.319. The van der Waals surface area contributed by atoms with Gasteiger partial charge in [0.25, 0.3) is 0 Å². The number of hydrogen-bond donors (Lipinski definition) is 1. The van der Waals surface area contributed by atoms with Crippen molar-refractivity contribution < 1.29 is 14.6 Å². The Morgan fingerprint density at radius 2 is 1.92 bits per heavy atom. The largest absolute Gasteiger partial charge is 0.468 e. The van der Waals surface area contributed by atoms with E-state index in [1.54, 1.807) is 0 Å². The first-order valence-electron chi connectivity index (χ1n) is 8.93. The molecule has 1 fully saturated rings. The summed E-state index contributed by atoms with van der Waals surface area (Å²) in [6, 6.07) is 9.27. The van der Waals surface area contributed by atoms with Gasteiger partial charge in [0.05, 0.1) is 6.61 Å². The minimum Gasteiger partial charge on any atom is -0.468 e. The second kappa shape index (κ2) is 8.32. The summed E-state index contributed by atoms with van der Waals surface area (Å²) in [5.41, 5.74) is 2.30. The zero-order valence-corrected chi connectivity index (χ0v) is 16.4. The van der Waals surface area contributed by atoms with Crippen molar-refractivity contribution in [1.29, 1.82) is 0 Å². The fourth-order valence-electron chi connectivity index (χ4n) is 3.08. The van der Waals surface area contributed by atoms with E-state index in [4.69, 9.17) is 9.47 Å². The van der Waals surface area contributed by atoms with Gasteiger partial charge in [-0.3, -0.25) is 0 Å². The number of hydrogen-bond acceptors (Lipinski definition) is 3. The van der Waals surface area contributed by atoms with Crippen molar-refractivity contribution in [2.24, 2.45) is 0 Å². The first-order chi connectivity index (χ1) is 11.3. The van der Waals surface area contributed by atoms with Crippen LogP contribution < -0.4 is 4.74 Å². The van der Waals surface area contributed by atoms with E-state index in [0.717, 1.165) is 49.6 Å². The highest BCUT2D eigenvalue weighted by Crippen LogP contribution is 2.41. The lowest BCUT2D eigenvalue weighted by atomic mass is 9.69. The highest BCUT2D eigenvalue weighted by atomic mass is 28.3. The fourth-order valence-corrected chi connectivity index (χ4v) is 3.84. The summed E-state index contributed by atoms with van der Waals surface area (Å²) in [6.07, 6.45) is 3.90. The predicted molar refractivity (Wildman–Crippen MR) is 102 cm³/mol. The number of benzene rings is 1. The Balaban J connectivity index is 1.92. The summed E-state index contributed by atoms with van der Waals surface area (Å²) in [5.74, 6) is 0.817. The number of allylic oxidation sites excluding steroid dienone is 1. The molecule has 24 heavy (non-hydrogen) atoms. The average Bonchev–Trinajstić information content (AvgIpc) is 2.55. The van der Waals surface area contributed by atoms with Gasteiger partial charge in [0.1, 0.15) is 5.75 Å². The lowest BCUT2D eigenvalue weighted by Gasteiger charge is -2.37. The summed E-state index contributed by atoms with van der Waals surface area (Å²) in [6.45, 7) is 12.3. The molecule has 4 heteroatoms. The van der Waals surface area contributed by atoms with Crippen LogP contribution in [0.3, 0.4) is 0 Å². The maximum atomic E-state index is 10.0. The maximum absolute atomic E-state index is 10.0. The van der Waals surface area contributed by atoms with Gasteiger partial charge >= 0.3 is 0 Å². The molecule has 0 heterocycles. The topological polar surface area (TPSA) is 38.7 Å². The molecule has 1 aromatic carbocycles. The minimum absolute atomic E-state index is 0.154. The van der Waals surface area contributed by atoms with E-state index in [2.05, 4.69) is 38.4 Å². The van der Waals surface area contributed by atoms with Gasteiger partial charge in [-0.05, 0) is 49.4 Å². The number of rotatable bonds is 8. The Morgan fingerprint density at radius 1 is 1.21 bits per heavy atom. The van der Waals surface area contributed by atoms with E-state index in [0.29, 0.717) is 0 Å². The normalized spacial score (nSPS) is 17.8. The average molecular weight is 349 g/mol. The summed E-state index contributed by atoms with van der Waals surface area (Å²) in [5, 5.41) is 10.0. The van der Waals surface area contributed by atoms with Gasteiger partial charge in [-0.1, -0.05) is 43.9 Å². The van der Waals surface area contributed by atoms with Crippen molar-refractivity contribution in [2.75, 3.05) is 20.0 Å². The van der Waals surface area contributed by atoms with E-state index < -0.39 is 8.07 Å². The van der Waals surface area contributed by atoms with Gasteiger partial charge in [-0.2, -0.15) is 0 Å². The molecule has 0 unspecified atom stereocenters. The monoisotopic (exact) mass is 348 g/mol. The molecule has 1 saturated carbocycles. The van der Waals surface area contributed by atoms with Crippen molar-refractivity contribution >= 4 is 8.07 Å². The second-order valence-corrected chi connectivity index (χ2v) is 13.8. The van der Waals surface area contributed by atoms with Crippen LogP contribution in [0.2, 0.25) is 25.7 Å². The summed E-state index contributed by atoms with van der Waals surface area (Å²) >= 11 is 0. The Labute approximate surface area is 147 Å². The molecular formula is C20H32O3Si. The Morgan fingerprint density at radius 3 is 2.54 bits per heavy atom. The van der Waals surface area contributed by atoms with Gasteiger partial charge < -0.3 is 14.6 Å². The standard InChI is InChI=1S/C20H32O3Si/c1-17-8-10-20(15-21,11-9-17)18-6-5-7-19(14-18)23-16-22-12-13-24(2,3)4/h5-7,14,21H,1,8-13,15-16H2,2-4H3. The smallest absolute Gasteiger partial charge is 0.189 e. The van der Waals surface area contributed by atoms with Crippen LogP contribution in [0.1, 0.15) is 31.2 Å². The number of ether oxygens (including phenoxy) is 2.